The fourth-order valence-corrected chi connectivity index (χ4v) is 3.32. The van der Waals surface area contributed by atoms with Gasteiger partial charge >= 0.3 is 0 Å². The van der Waals surface area contributed by atoms with Gasteiger partial charge in [0.1, 0.15) is 5.76 Å². The standard InChI is InChI=1S/C26H25N7O3.C2H6/c1-4-24(34)31-20-6-5-7-21(10-20)33-26-28-14-22(15-29-26)32-25(35)23-11-19(9-8-16(23)2)27-12-18-13-30-36-17(18)3;1-2/h4-11,13-15,27H,1,12H2,2-3H3,(H,31,34)(H,32,35)(H,28,29,33);1-2H3. The normalized spacial score (nSPS) is 10.0. The predicted octanol–water partition coefficient (Wildman–Crippen LogP) is 5.84. The smallest absolute Gasteiger partial charge is 0.256 e. The number of anilines is 5. The Kier molecular flexibility index (Phi) is 9.70. The molecule has 4 N–H and O–H groups in total. The molecule has 2 amide bonds. The Labute approximate surface area is 221 Å². The monoisotopic (exact) mass is 513 g/mol. The topological polar surface area (TPSA) is 134 Å². The second kappa shape index (κ2) is 13.4. The average Bonchev–Trinajstić information content (AvgIpc) is 3.35. The quantitative estimate of drug-likeness (QED) is 0.205. The molecule has 38 heavy (non-hydrogen) atoms. The first-order valence-corrected chi connectivity index (χ1v) is 12.1. The highest BCUT2D eigenvalue weighted by Gasteiger charge is 2.12. The van der Waals surface area contributed by atoms with Gasteiger partial charge in [-0.15, -0.1) is 0 Å². The summed E-state index contributed by atoms with van der Waals surface area (Å²) >= 11 is 0. The number of aryl methyl sites for hydroxylation is 2. The van der Waals surface area contributed by atoms with Crippen molar-refractivity contribution in [3.8, 4) is 0 Å². The van der Waals surface area contributed by atoms with Gasteiger partial charge in [-0.2, -0.15) is 0 Å². The van der Waals surface area contributed by atoms with Crippen LogP contribution in [0.3, 0.4) is 0 Å². The molecule has 0 aliphatic rings. The Balaban J connectivity index is 0.00000195. The van der Waals surface area contributed by atoms with E-state index >= 15 is 0 Å². The van der Waals surface area contributed by atoms with Crippen molar-refractivity contribution in [2.45, 2.75) is 34.2 Å². The van der Waals surface area contributed by atoms with Crippen molar-refractivity contribution in [3.63, 3.8) is 0 Å². The van der Waals surface area contributed by atoms with E-state index in [0.29, 0.717) is 35.1 Å². The molecule has 0 aliphatic carbocycles. The Morgan fingerprint density at radius 2 is 1.66 bits per heavy atom. The zero-order chi connectivity index (χ0) is 27.5. The maximum Gasteiger partial charge on any atom is 0.256 e. The zero-order valence-corrected chi connectivity index (χ0v) is 21.8. The summed E-state index contributed by atoms with van der Waals surface area (Å²) in [5.41, 5.74) is 4.86. The Bertz CT molecular complexity index is 1400. The summed E-state index contributed by atoms with van der Waals surface area (Å²) in [6, 6.07) is 12.7. The summed E-state index contributed by atoms with van der Waals surface area (Å²) in [5.74, 6) is 0.516. The molecular weight excluding hydrogens is 482 g/mol. The number of hydrogen-bond donors (Lipinski definition) is 4. The Morgan fingerprint density at radius 1 is 0.921 bits per heavy atom. The molecule has 196 valence electrons. The van der Waals surface area contributed by atoms with E-state index in [2.05, 4.69) is 43.0 Å². The van der Waals surface area contributed by atoms with Crippen molar-refractivity contribution in [2.24, 2.45) is 0 Å². The summed E-state index contributed by atoms with van der Waals surface area (Å²) in [4.78, 5) is 32.9. The van der Waals surface area contributed by atoms with E-state index in [1.165, 1.54) is 18.5 Å². The first-order valence-electron chi connectivity index (χ1n) is 12.1. The zero-order valence-electron chi connectivity index (χ0n) is 21.8. The summed E-state index contributed by atoms with van der Waals surface area (Å²) in [6.45, 7) is 11.7. The van der Waals surface area contributed by atoms with Crippen LogP contribution in [0.25, 0.3) is 0 Å². The van der Waals surface area contributed by atoms with E-state index in [-0.39, 0.29) is 11.8 Å². The molecule has 2 heterocycles. The van der Waals surface area contributed by atoms with Gasteiger partial charge in [-0.3, -0.25) is 9.59 Å². The SMILES string of the molecule is C=CC(=O)Nc1cccc(Nc2ncc(NC(=O)c3cc(NCc4cnoc4C)ccc3C)cn2)c1.CC. The molecule has 0 saturated heterocycles. The highest BCUT2D eigenvalue weighted by atomic mass is 16.5. The van der Waals surface area contributed by atoms with Crippen LogP contribution in [0.2, 0.25) is 0 Å². The molecule has 0 saturated carbocycles. The highest BCUT2D eigenvalue weighted by Crippen LogP contribution is 2.20. The average molecular weight is 514 g/mol. The fourth-order valence-electron chi connectivity index (χ4n) is 3.32. The molecule has 0 bridgehead atoms. The molecule has 0 unspecified atom stereocenters. The summed E-state index contributed by atoms with van der Waals surface area (Å²) in [7, 11) is 0. The number of hydrogen-bond acceptors (Lipinski definition) is 8. The van der Waals surface area contributed by atoms with E-state index in [9.17, 15) is 9.59 Å². The van der Waals surface area contributed by atoms with Crippen LogP contribution in [-0.2, 0) is 11.3 Å². The molecule has 10 heteroatoms. The number of nitrogens with zero attached hydrogens (tertiary/aromatic N) is 3. The van der Waals surface area contributed by atoms with Gasteiger partial charge in [0, 0.05) is 34.7 Å². The van der Waals surface area contributed by atoms with Crippen LogP contribution in [0, 0.1) is 13.8 Å². The Morgan fingerprint density at radius 3 is 2.34 bits per heavy atom. The van der Waals surface area contributed by atoms with E-state index < -0.39 is 0 Å². The van der Waals surface area contributed by atoms with Gasteiger partial charge in [-0.25, -0.2) is 9.97 Å². The lowest BCUT2D eigenvalue weighted by Gasteiger charge is -2.11. The van der Waals surface area contributed by atoms with E-state index in [4.69, 9.17) is 4.52 Å². The third-order valence-electron chi connectivity index (χ3n) is 5.30. The minimum Gasteiger partial charge on any atom is -0.381 e. The minimum atomic E-state index is -0.301. The molecule has 0 fully saturated rings. The van der Waals surface area contributed by atoms with Crippen molar-refractivity contribution in [3.05, 3.63) is 96.2 Å². The first kappa shape index (κ1) is 27.6. The summed E-state index contributed by atoms with van der Waals surface area (Å²) < 4.78 is 5.08. The first-order chi connectivity index (χ1) is 18.4. The van der Waals surface area contributed by atoms with Crippen molar-refractivity contribution in [1.29, 1.82) is 0 Å². The van der Waals surface area contributed by atoms with Gasteiger partial charge in [-0.05, 0) is 55.8 Å². The van der Waals surface area contributed by atoms with Gasteiger partial charge in [0.15, 0.2) is 0 Å². The van der Waals surface area contributed by atoms with Crippen LogP contribution < -0.4 is 21.3 Å². The third-order valence-corrected chi connectivity index (χ3v) is 5.30. The molecule has 2 aromatic carbocycles. The molecular formula is C28H31N7O3. The molecule has 4 aromatic rings. The number of carbonyl (C=O) groups excluding carboxylic acids is 2. The lowest BCUT2D eigenvalue weighted by atomic mass is 10.1. The molecule has 10 nitrogen and oxygen atoms in total. The number of benzene rings is 2. The minimum absolute atomic E-state index is 0.271. The van der Waals surface area contributed by atoms with Crippen molar-refractivity contribution >= 4 is 40.5 Å². The van der Waals surface area contributed by atoms with Crippen LogP contribution in [-0.4, -0.2) is 26.9 Å². The molecule has 2 aromatic heterocycles. The van der Waals surface area contributed by atoms with Crippen molar-refractivity contribution in [1.82, 2.24) is 15.1 Å². The van der Waals surface area contributed by atoms with Crippen LogP contribution in [0.15, 0.2) is 78.2 Å². The van der Waals surface area contributed by atoms with E-state index in [0.717, 1.165) is 22.6 Å². The maximum absolute atomic E-state index is 12.9. The third kappa shape index (κ3) is 7.50. The number of nitrogens with one attached hydrogen (secondary N) is 4. The van der Waals surface area contributed by atoms with Gasteiger partial charge in [0.2, 0.25) is 11.9 Å². The largest absolute Gasteiger partial charge is 0.381 e. The van der Waals surface area contributed by atoms with Crippen LogP contribution in [0.1, 0.15) is 41.1 Å². The number of carbonyl (C=O) groups is 2. The van der Waals surface area contributed by atoms with Crippen LogP contribution in [0.5, 0.6) is 0 Å². The van der Waals surface area contributed by atoms with Crippen molar-refractivity contribution < 1.29 is 14.1 Å². The number of amides is 2. The lowest BCUT2D eigenvalue weighted by molar-refractivity contribution is -0.111. The number of aromatic nitrogens is 3. The van der Waals surface area contributed by atoms with Gasteiger partial charge in [0.25, 0.3) is 5.91 Å². The second-order valence-electron chi connectivity index (χ2n) is 7.94. The molecule has 4 rings (SSSR count). The highest BCUT2D eigenvalue weighted by molar-refractivity contribution is 6.05. The van der Waals surface area contributed by atoms with Crippen LogP contribution in [0.4, 0.5) is 28.7 Å². The fraction of sp³-hybridized carbons (Fsp3) is 0.179. The Hall–Kier alpha value is -4.99. The van der Waals surface area contributed by atoms with E-state index in [1.54, 1.807) is 30.5 Å². The summed E-state index contributed by atoms with van der Waals surface area (Å²) in [5, 5.41) is 15.6. The van der Waals surface area contributed by atoms with Gasteiger partial charge in [-0.1, -0.05) is 37.7 Å². The molecule has 0 aliphatic heterocycles. The van der Waals surface area contributed by atoms with Crippen LogP contribution >= 0.6 is 0 Å². The predicted molar refractivity (Wildman–Crippen MR) is 150 cm³/mol. The molecule has 0 spiro atoms. The van der Waals surface area contributed by atoms with Crippen molar-refractivity contribution in [2.75, 3.05) is 21.3 Å². The molecule has 0 atom stereocenters. The number of rotatable bonds is 9. The summed E-state index contributed by atoms with van der Waals surface area (Å²) in [6.07, 6.45) is 5.90. The lowest BCUT2D eigenvalue weighted by Crippen LogP contribution is -2.14. The van der Waals surface area contributed by atoms with Gasteiger partial charge < -0.3 is 25.8 Å². The van der Waals surface area contributed by atoms with Gasteiger partial charge in [0.05, 0.1) is 24.3 Å². The van der Waals surface area contributed by atoms with E-state index in [1.807, 2.05) is 45.9 Å². The molecule has 0 radical (unpaired) electrons. The maximum atomic E-state index is 12.9. The second-order valence-corrected chi connectivity index (χ2v) is 7.94.